The highest BCUT2D eigenvalue weighted by Gasteiger charge is 2.16. The van der Waals surface area contributed by atoms with Crippen LogP contribution in [0.5, 0.6) is 5.75 Å². The topological polar surface area (TPSA) is 143 Å². The van der Waals surface area contributed by atoms with Gasteiger partial charge in [-0.1, -0.05) is 30.3 Å². The molecule has 0 aliphatic carbocycles. The number of carboxylic acid groups (broad SMARTS) is 1. The van der Waals surface area contributed by atoms with Crippen molar-refractivity contribution in [1.29, 1.82) is 0 Å². The first kappa shape index (κ1) is 21.0. The average molecular weight is 409 g/mol. The summed E-state index contributed by atoms with van der Waals surface area (Å²) in [6.07, 6.45) is 1.58. The summed E-state index contributed by atoms with van der Waals surface area (Å²) in [5.41, 5.74) is 6.27. The van der Waals surface area contributed by atoms with Crippen molar-refractivity contribution in [3.63, 3.8) is 0 Å². The summed E-state index contributed by atoms with van der Waals surface area (Å²) < 4.78 is 1.18. The van der Waals surface area contributed by atoms with Crippen molar-refractivity contribution in [2.75, 3.05) is 11.9 Å². The number of aromatic nitrogens is 3. The van der Waals surface area contributed by atoms with E-state index in [2.05, 4.69) is 15.4 Å². The van der Waals surface area contributed by atoms with Gasteiger partial charge in [0, 0.05) is 12.1 Å². The number of phenolic OH excluding ortho intramolecular Hbond substituents is 1. The molecule has 0 spiro atoms. The Hall–Kier alpha value is -3.72. The van der Waals surface area contributed by atoms with Crippen LogP contribution < -0.4 is 16.7 Å². The maximum Gasteiger partial charge on any atom is 0.370 e. The Bertz CT molecular complexity index is 1070. The third-order valence-electron chi connectivity index (χ3n) is 4.52. The molecule has 9 heteroatoms. The Morgan fingerprint density at radius 2 is 1.80 bits per heavy atom. The Morgan fingerprint density at radius 1 is 1.10 bits per heavy atom. The van der Waals surface area contributed by atoms with E-state index < -0.39 is 17.7 Å². The number of nitrogens with zero attached hydrogens (tertiary/aromatic N) is 3. The SMILES string of the molecule is NC(CCCCNc1nc(=O)n(-c2ccccc2)nc1-c1ccccc1O)C(=O)O. The quantitative estimate of drug-likeness (QED) is 0.393. The number of anilines is 1. The Morgan fingerprint density at radius 3 is 2.50 bits per heavy atom. The number of aliphatic carboxylic acids is 1. The van der Waals surface area contributed by atoms with E-state index in [1.807, 2.05) is 6.07 Å². The van der Waals surface area contributed by atoms with Crippen LogP contribution in [0.25, 0.3) is 16.9 Å². The number of unbranched alkanes of at least 4 members (excludes halogenated alkanes) is 1. The number of para-hydroxylation sites is 2. The standard InChI is InChI=1S/C21H23N5O4/c22-16(20(28)29)11-6-7-13-23-19-18(15-10-4-5-12-17(15)27)25-26(21(30)24-19)14-8-2-1-3-9-14/h1-5,8-10,12,16,27H,6-7,11,13,22H2,(H,28,29)(H,23,24,30). The largest absolute Gasteiger partial charge is 0.507 e. The number of nitrogens with two attached hydrogens (primary N) is 1. The third kappa shape index (κ3) is 5.00. The van der Waals surface area contributed by atoms with Crippen LogP contribution in [0, 0.1) is 0 Å². The van der Waals surface area contributed by atoms with Crippen LogP contribution in [0.3, 0.4) is 0 Å². The number of rotatable bonds is 9. The number of phenols is 1. The predicted molar refractivity (Wildman–Crippen MR) is 113 cm³/mol. The van der Waals surface area contributed by atoms with Crippen LogP contribution in [-0.4, -0.2) is 43.5 Å². The summed E-state index contributed by atoms with van der Waals surface area (Å²) in [6.45, 7) is 0.441. The number of nitrogens with one attached hydrogen (secondary N) is 1. The van der Waals surface area contributed by atoms with Crippen molar-refractivity contribution in [2.45, 2.75) is 25.3 Å². The Balaban J connectivity index is 1.87. The number of aromatic hydroxyl groups is 1. The van der Waals surface area contributed by atoms with Gasteiger partial charge in [-0.2, -0.15) is 14.8 Å². The molecule has 0 fully saturated rings. The summed E-state index contributed by atoms with van der Waals surface area (Å²) in [7, 11) is 0. The molecule has 0 aliphatic rings. The van der Waals surface area contributed by atoms with Gasteiger partial charge in [0.15, 0.2) is 5.82 Å². The molecule has 0 amide bonds. The second-order valence-electron chi connectivity index (χ2n) is 6.72. The molecule has 0 aliphatic heterocycles. The highest BCUT2D eigenvalue weighted by Crippen LogP contribution is 2.30. The van der Waals surface area contributed by atoms with Crippen LogP contribution in [0.2, 0.25) is 0 Å². The number of hydrogen-bond acceptors (Lipinski definition) is 7. The van der Waals surface area contributed by atoms with Crippen molar-refractivity contribution >= 4 is 11.8 Å². The normalized spacial score (nSPS) is 11.8. The number of hydrogen-bond donors (Lipinski definition) is 4. The molecule has 1 heterocycles. The van der Waals surface area contributed by atoms with E-state index in [0.717, 1.165) is 0 Å². The molecule has 0 saturated carbocycles. The minimum Gasteiger partial charge on any atom is -0.507 e. The zero-order valence-corrected chi connectivity index (χ0v) is 16.2. The molecule has 156 valence electrons. The van der Waals surface area contributed by atoms with Crippen molar-refractivity contribution < 1.29 is 15.0 Å². The van der Waals surface area contributed by atoms with E-state index in [1.54, 1.807) is 42.5 Å². The van der Waals surface area contributed by atoms with E-state index >= 15 is 0 Å². The van der Waals surface area contributed by atoms with Crippen LogP contribution in [0.4, 0.5) is 5.82 Å². The number of benzene rings is 2. The predicted octanol–water partition coefficient (Wildman–Crippen LogP) is 1.99. The molecule has 3 rings (SSSR count). The van der Waals surface area contributed by atoms with Crippen LogP contribution in [0.15, 0.2) is 59.4 Å². The van der Waals surface area contributed by atoms with Gasteiger partial charge in [0.05, 0.1) is 5.69 Å². The smallest absolute Gasteiger partial charge is 0.370 e. The molecule has 0 saturated heterocycles. The monoisotopic (exact) mass is 409 g/mol. The lowest BCUT2D eigenvalue weighted by Gasteiger charge is -2.14. The second kappa shape index (κ2) is 9.66. The van der Waals surface area contributed by atoms with Crippen molar-refractivity contribution in [3.8, 4) is 22.7 Å². The van der Waals surface area contributed by atoms with E-state index in [9.17, 15) is 14.7 Å². The fraction of sp³-hybridized carbons (Fsp3) is 0.238. The molecule has 1 atom stereocenters. The van der Waals surface area contributed by atoms with Crippen LogP contribution >= 0.6 is 0 Å². The average Bonchev–Trinajstić information content (AvgIpc) is 2.74. The van der Waals surface area contributed by atoms with Gasteiger partial charge >= 0.3 is 11.7 Å². The van der Waals surface area contributed by atoms with E-state index in [4.69, 9.17) is 10.8 Å². The summed E-state index contributed by atoms with van der Waals surface area (Å²) >= 11 is 0. The van der Waals surface area contributed by atoms with E-state index in [0.29, 0.717) is 42.8 Å². The zero-order valence-electron chi connectivity index (χ0n) is 16.2. The molecule has 1 aromatic heterocycles. The van der Waals surface area contributed by atoms with Crippen LogP contribution in [0.1, 0.15) is 19.3 Å². The lowest BCUT2D eigenvalue weighted by Crippen LogP contribution is -2.30. The fourth-order valence-electron chi connectivity index (χ4n) is 2.92. The molecule has 3 aromatic rings. The highest BCUT2D eigenvalue weighted by atomic mass is 16.4. The molecule has 9 nitrogen and oxygen atoms in total. The lowest BCUT2D eigenvalue weighted by atomic mass is 10.1. The number of carbonyl (C=O) groups is 1. The van der Waals surface area contributed by atoms with Gasteiger partial charge in [0.1, 0.15) is 17.5 Å². The third-order valence-corrected chi connectivity index (χ3v) is 4.52. The van der Waals surface area contributed by atoms with Crippen molar-refractivity contribution in [2.24, 2.45) is 5.73 Å². The molecule has 2 aromatic carbocycles. The first-order chi connectivity index (χ1) is 14.5. The highest BCUT2D eigenvalue weighted by molar-refractivity contribution is 5.75. The summed E-state index contributed by atoms with van der Waals surface area (Å²) in [5, 5.41) is 26.6. The molecule has 0 radical (unpaired) electrons. The van der Waals surface area contributed by atoms with Gasteiger partial charge in [0.2, 0.25) is 0 Å². The molecule has 1 unspecified atom stereocenters. The van der Waals surface area contributed by atoms with Gasteiger partial charge in [-0.15, -0.1) is 0 Å². The molecular formula is C21H23N5O4. The molecular weight excluding hydrogens is 386 g/mol. The minimum absolute atomic E-state index is 0.0144. The van der Waals surface area contributed by atoms with Gasteiger partial charge < -0.3 is 21.3 Å². The van der Waals surface area contributed by atoms with Gasteiger partial charge in [-0.3, -0.25) is 4.79 Å². The summed E-state index contributed by atoms with van der Waals surface area (Å²) in [6, 6.07) is 14.7. The Kier molecular flexibility index (Phi) is 6.76. The second-order valence-corrected chi connectivity index (χ2v) is 6.72. The van der Waals surface area contributed by atoms with Gasteiger partial charge in [-0.25, -0.2) is 4.79 Å². The molecule has 30 heavy (non-hydrogen) atoms. The van der Waals surface area contributed by atoms with Crippen molar-refractivity contribution in [3.05, 3.63) is 65.1 Å². The maximum absolute atomic E-state index is 12.6. The minimum atomic E-state index is -1.03. The van der Waals surface area contributed by atoms with E-state index in [-0.39, 0.29) is 11.6 Å². The number of carboxylic acids is 1. The fourth-order valence-corrected chi connectivity index (χ4v) is 2.92. The molecule has 5 N–H and O–H groups in total. The first-order valence-corrected chi connectivity index (χ1v) is 9.55. The molecule has 0 bridgehead atoms. The summed E-state index contributed by atoms with van der Waals surface area (Å²) in [4.78, 5) is 27.5. The van der Waals surface area contributed by atoms with Crippen molar-refractivity contribution in [1.82, 2.24) is 14.8 Å². The zero-order chi connectivity index (χ0) is 21.5. The van der Waals surface area contributed by atoms with Gasteiger partial charge in [0.25, 0.3) is 0 Å². The van der Waals surface area contributed by atoms with Crippen LogP contribution in [-0.2, 0) is 4.79 Å². The maximum atomic E-state index is 12.6. The lowest BCUT2D eigenvalue weighted by molar-refractivity contribution is -0.138. The van der Waals surface area contributed by atoms with Gasteiger partial charge in [-0.05, 0) is 43.5 Å². The Labute approximate surface area is 172 Å². The van der Waals surface area contributed by atoms with E-state index in [1.165, 1.54) is 10.7 Å². The first-order valence-electron chi connectivity index (χ1n) is 9.55. The summed E-state index contributed by atoms with van der Waals surface area (Å²) in [5.74, 6) is -0.767.